The van der Waals surface area contributed by atoms with Crippen LogP contribution in [0.5, 0.6) is 0 Å². The first-order valence-corrected chi connectivity index (χ1v) is 5.40. The molecular formula is C6H10O4S. The number of carbonyl (C=O) groups excluding carboxylic acids is 1. The quantitative estimate of drug-likeness (QED) is 0.546. The number of sulfone groups is 1. The van der Waals surface area contributed by atoms with Gasteiger partial charge >= 0.3 is 5.97 Å². The Morgan fingerprint density at radius 2 is 2.27 bits per heavy atom. The van der Waals surface area contributed by atoms with Crippen molar-refractivity contribution in [1.29, 1.82) is 0 Å². The summed E-state index contributed by atoms with van der Waals surface area (Å²) in [4.78, 5) is 10.5. The first-order chi connectivity index (χ1) is 4.97. The summed E-state index contributed by atoms with van der Waals surface area (Å²) in [7, 11) is -3.01. The molecule has 0 unspecified atom stereocenters. The van der Waals surface area contributed by atoms with Gasteiger partial charge in [0.1, 0.15) is 6.10 Å². The Balaban J connectivity index is 2.47. The van der Waals surface area contributed by atoms with E-state index in [1.165, 1.54) is 0 Å². The number of carbonyl (C=O) groups is 1. The average Bonchev–Trinajstić information content (AvgIpc) is 2.10. The van der Waals surface area contributed by atoms with Gasteiger partial charge in [0.05, 0.1) is 5.75 Å². The number of ether oxygens (including phenoxy) is 1. The van der Waals surface area contributed by atoms with E-state index in [9.17, 15) is 13.2 Å². The van der Waals surface area contributed by atoms with Crippen LogP contribution < -0.4 is 0 Å². The Morgan fingerprint density at radius 1 is 1.64 bits per heavy atom. The van der Waals surface area contributed by atoms with Crippen LogP contribution in [0.4, 0.5) is 0 Å². The van der Waals surface area contributed by atoms with Crippen molar-refractivity contribution in [3.8, 4) is 0 Å². The molecule has 1 aliphatic rings. The van der Waals surface area contributed by atoms with Crippen molar-refractivity contribution in [2.24, 2.45) is 0 Å². The number of hydrogen-bond donors (Lipinski definition) is 0. The average molecular weight is 178 g/mol. The van der Waals surface area contributed by atoms with E-state index in [1.807, 2.05) is 0 Å². The van der Waals surface area contributed by atoms with E-state index < -0.39 is 15.9 Å². The molecule has 1 atom stereocenters. The zero-order valence-electron chi connectivity index (χ0n) is 6.24. The zero-order chi connectivity index (χ0) is 8.48. The zero-order valence-corrected chi connectivity index (χ0v) is 7.06. The second-order valence-electron chi connectivity index (χ2n) is 2.74. The van der Waals surface area contributed by atoms with E-state index in [0.29, 0.717) is 12.8 Å². The summed E-state index contributed by atoms with van der Waals surface area (Å²) in [5.74, 6) is -0.336. The monoisotopic (exact) mass is 178 g/mol. The van der Waals surface area contributed by atoms with E-state index in [1.54, 1.807) is 0 Å². The minimum Gasteiger partial charge on any atom is -0.461 e. The van der Waals surface area contributed by atoms with Crippen LogP contribution >= 0.6 is 0 Å². The normalized spacial score (nSPS) is 25.2. The van der Waals surface area contributed by atoms with E-state index in [-0.39, 0.29) is 11.7 Å². The van der Waals surface area contributed by atoms with Gasteiger partial charge in [0.25, 0.3) is 0 Å². The Morgan fingerprint density at radius 3 is 2.64 bits per heavy atom. The molecule has 0 aromatic carbocycles. The lowest BCUT2D eigenvalue weighted by atomic mass is 10.3. The fraction of sp³-hybridized carbons (Fsp3) is 0.833. The van der Waals surface area contributed by atoms with Gasteiger partial charge in [-0.3, -0.25) is 4.79 Å². The topological polar surface area (TPSA) is 60.4 Å². The van der Waals surface area contributed by atoms with Gasteiger partial charge in [0.15, 0.2) is 9.84 Å². The molecule has 1 aliphatic heterocycles. The molecule has 0 aliphatic carbocycles. The smallest absolute Gasteiger partial charge is 0.306 e. The number of rotatable bonds is 2. The van der Waals surface area contributed by atoms with Gasteiger partial charge in [-0.25, -0.2) is 8.42 Å². The third-order valence-corrected chi connectivity index (χ3v) is 2.43. The van der Waals surface area contributed by atoms with Crippen LogP contribution in [-0.4, -0.2) is 32.5 Å². The maximum Gasteiger partial charge on any atom is 0.306 e. The Kier molecular flexibility index (Phi) is 2.17. The molecule has 0 N–H and O–H groups in total. The predicted octanol–water partition coefficient (Wildman–Crippen LogP) is -0.263. The first-order valence-electron chi connectivity index (χ1n) is 3.34. The van der Waals surface area contributed by atoms with Crippen molar-refractivity contribution < 1.29 is 17.9 Å². The van der Waals surface area contributed by atoms with Crippen LogP contribution in [0.3, 0.4) is 0 Å². The molecule has 0 saturated carbocycles. The van der Waals surface area contributed by atoms with Crippen LogP contribution in [0.15, 0.2) is 0 Å². The minimum atomic E-state index is -3.01. The number of hydrogen-bond acceptors (Lipinski definition) is 4. The molecule has 1 heterocycles. The highest BCUT2D eigenvalue weighted by molar-refractivity contribution is 7.90. The summed E-state index contributed by atoms with van der Waals surface area (Å²) >= 11 is 0. The van der Waals surface area contributed by atoms with Gasteiger partial charge in [-0.15, -0.1) is 0 Å². The molecule has 1 rings (SSSR count). The van der Waals surface area contributed by atoms with Crippen LogP contribution in [0.25, 0.3) is 0 Å². The summed E-state index contributed by atoms with van der Waals surface area (Å²) in [5, 5.41) is 0. The lowest BCUT2D eigenvalue weighted by Gasteiger charge is -2.05. The summed E-state index contributed by atoms with van der Waals surface area (Å²) in [6.45, 7) is 0. The Hall–Kier alpha value is -0.580. The fourth-order valence-electron chi connectivity index (χ4n) is 1.04. The molecule has 0 spiro atoms. The van der Waals surface area contributed by atoms with E-state index in [0.717, 1.165) is 6.26 Å². The molecule has 0 aromatic rings. The third kappa shape index (κ3) is 2.88. The number of cyclic esters (lactones) is 1. The molecule has 64 valence electrons. The Labute approximate surface area is 65.5 Å². The highest BCUT2D eigenvalue weighted by Crippen LogP contribution is 2.14. The molecule has 11 heavy (non-hydrogen) atoms. The summed E-state index contributed by atoms with van der Waals surface area (Å²) in [6.07, 6.45) is 1.61. The van der Waals surface area contributed by atoms with Crippen LogP contribution in [-0.2, 0) is 19.4 Å². The molecular weight excluding hydrogens is 168 g/mol. The third-order valence-electron chi connectivity index (χ3n) is 1.46. The van der Waals surface area contributed by atoms with Crippen molar-refractivity contribution in [3.63, 3.8) is 0 Å². The standard InChI is InChI=1S/C6H10O4S/c1-11(8,9)4-5-2-3-6(7)10-5/h5H,2-4H2,1H3/t5-/m0/s1. The fourth-order valence-corrected chi connectivity index (χ4v) is 1.95. The highest BCUT2D eigenvalue weighted by atomic mass is 32.2. The van der Waals surface area contributed by atoms with Crippen molar-refractivity contribution >= 4 is 15.8 Å². The predicted molar refractivity (Wildman–Crippen MR) is 38.8 cm³/mol. The SMILES string of the molecule is CS(=O)(=O)C[C@@H]1CCC(=O)O1. The van der Waals surface area contributed by atoms with Crippen molar-refractivity contribution in [1.82, 2.24) is 0 Å². The van der Waals surface area contributed by atoms with Gasteiger partial charge in [-0.2, -0.15) is 0 Å². The molecule has 1 fully saturated rings. The summed E-state index contributed by atoms with van der Waals surface area (Å²) < 4.78 is 26.1. The van der Waals surface area contributed by atoms with Gasteiger partial charge in [-0.05, 0) is 6.42 Å². The van der Waals surface area contributed by atoms with Crippen molar-refractivity contribution in [2.45, 2.75) is 18.9 Å². The van der Waals surface area contributed by atoms with Crippen molar-refractivity contribution in [2.75, 3.05) is 12.0 Å². The maximum absolute atomic E-state index is 10.7. The lowest BCUT2D eigenvalue weighted by Crippen LogP contribution is -2.19. The maximum atomic E-state index is 10.7. The molecule has 1 saturated heterocycles. The minimum absolute atomic E-state index is 0.0429. The van der Waals surface area contributed by atoms with Gasteiger partial charge in [0.2, 0.25) is 0 Å². The van der Waals surface area contributed by atoms with Gasteiger partial charge < -0.3 is 4.74 Å². The Bertz CT molecular complexity index is 254. The molecule has 5 heteroatoms. The second kappa shape index (κ2) is 2.81. The van der Waals surface area contributed by atoms with E-state index >= 15 is 0 Å². The summed E-state index contributed by atoms with van der Waals surface area (Å²) in [6, 6.07) is 0. The van der Waals surface area contributed by atoms with E-state index in [4.69, 9.17) is 4.74 Å². The van der Waals surface area contributed by atoms with Crippen LogP contribution in [0.2, 0.25) is 0 Å². The second-order valence-corrected chi connectivity index (χ2v) is 4.93. The molecule has 0 amide bonds. The van der Waals surface area contributed by atoms with Crippen molar-refractivity contribution in [3.05, 3.63) is 0 Å². The van der Waals surface area contributed by atoms with Gasteiger partial charge in [0, 0.05) is 12.7 Å². The first kappa shape index (κ1) is 8.52. The van der Waals surface area contributed by atoms with Gasteiger partial charge in [-0.1, -0.05) is 0 Å². The molecule has 0 aromatic heterocycles. The van der Waals surface area contributed by atoms with Crippen LogP contribution in [0, 0.1) is 0 Å². The largest absolute Gasteiger partial charge is 0.461 e. The van der Waals surface area contributed by atoms with Crippen LogP contribution in [0.1, 0.15) is 12.8 Å². The lowest BCUT2D eigenvalue weighted by molar-refractivity contribution is -0.140. The number of esters is 1. The molecule has 0 radical (unpaired) electrons. The summed E-state index contributed by atoms with van der Waals surface area (Å²) in [5.41, 5.74) is 0. The highest BCUT2D eigenvalue weighted by Gasteiger charge is 2.26. The molecule has 4 nitrogen and oxygen atoms in total. The van der Waals surface area contributed by atoms with E-state index in [2.05, 4.69) is 0 Å². The molecule has 0 bridgehead atoms.